The molecule has 0 radical (unpaired) electrons. The fourth-order valence-electron chi connectivity index (χ4n) is 2.51. The zero-order valence-electron chi connectivity index (χ0n) is 11.5. The Bertz CT molecular complexity index is 640. The highest BCUT2D eigenvalue weighted by Gasteiger charge is 2.30. The first-order valence-electron chi connectivity index (χ1n) is 6.63. The van der Waals surface area contributed by atoms with Gasteiger partial charge in [0, 0.05) is 18.8 Å². The number of nitrogens with one attached hydrogen (secondary N) is 1. The van der Waals surface area contributed by atoms with E-state index in [1.165, 1.54) is 16.9 Å². The van der Waals surface area contributed by atoms with Crippen LogP contribution in [0.1, 0.15) is 28.7 Å². The minimum absolute atomic E-state index is 0.0661. The van der Waals surface area contributed by atoms with Crippen LogP contribution in [0.3, 0.4) is 0 Å². The van der Waals surface area contributed by atoms with Gasteiger partial charge in [-0.15, -0.1) is 10.2 Å². The molecule has 1 aromatic carbocycles. The Balaban J connectivity index is 1.98. The molecule has 2 aromatic rings. The van der Waals surface area contributed by atoms with Crippen LogP contribution in [-0.4, -0.2) is 29.2 Å². The van der Waals surface area contributed by atoms with Crippen molar-refractivity contribution in [3.05, 3.63) is 34.8 Å². The van der Waals surface area contributed by atoms with Gasteiger partial charge in [-0.1, -0.05) is 29.5 Å². The summed E-state index contributed by atoms with van der Waals surface area (Å²) in [6.07, 6.45) is 1.99. The number of hydrogen-bond donors (Lipinski definition) is 1. The van der Waals surface area contributed by atoms with E-state index in [1.807, 2.05) is 23.1 Å². The lowest BCUT2D eigenvalue weighted by atomic mass is 9.96. The Morgan fingerprint density at radius 3 is 2.95 bits per heavy atom. The van der Waals surface area contributed by atoms with E-state index in [1.54, 1.807) is 7.05 Å². The summed E-state index contributed by atoms with van der Waals surface area (Å²) in [7, 11) is 1.77. The Hall–Kier alpha value is -1.95. The number of aromatic nitrogens is 2. The third-order valence-electron chi connectivity index (χ3n) is 3.56. The van der Waals surface area contributed by atoms with Crippen molar-refractivity contribution in [2.75, 3.05) is 17.3 Å². The van der Waals surface area contributed by atoms with Gasteiger partial charge in [0.15, 0.2) is 0 Å². The summed E-state index contributed by atoms with van der Waals surface area (Å²) in [4.78, 5) is 14.6. The van der Waals surface area contributed by atoms with Crippen molar-refractivity contribution in [1.82, 2.24) is 10.2 Å². The number of anilines is 2. The number of rotatable bonds is 2. The smallest absolute Gasteiger partial charge is 0.289 e. The van der Waals surface area contributed by atoms with E-state index in [0.29, 0.717) is 10.1 Å². The highest BCUT2D eigenvalue weighted by atomic mass is 32.1. The van der Waals surface area contributed by atoms with Gasteiger partial charge in [-0.05, 0) is 31.4 Å². The van der Waals surface area contributed by atoms with Crippen LogP contribution >= 0.6 is 11.3 Å². The molecule has 0 fully saturated rings. The first-order chi connectivity index (χ1) is 9.70. The zero-order valence-corrected chi connectivity index (χ0v) is 12.3. The first kappa shape index (κ1) is 13.1. The normalized spacial score (nSPS) is 17.7. The van der Waals surface area contributed by atoms with E-state index in [0.717, 1.165) is 18.5 Å². The van der Waals surface area contributed by atoms with E-state index in [2.05, 4.69) is 28.5 Å². The molecule has 104 valence electrons. The van der Waals surface area contributed by atoms with E-state index >= 15 is 0 Å². The zero-order chi connectivity index (χ0) is 14.1. The number of benzene rings is 1. The van der Waals surface area contributed by atoms with Gasteiger partial charge >= 0.3 is 0 Å². The van der Waals surface area contributed by atoms with Crippen molar-refractivity contribution in [1.29, 1.82) is 0 Å². The summed E-state index contributed by atoms with van der Waals surface area (Å²) in [6.45, 7) is 2.08. The van der Waals surface area contributed by atoms with Gasteiger partial charge in [-0.3, -0.25) is 4.79 Å². The van der Waals surface area contributed by atoms with Gasteiger partial charge in [0.2, 0.25) is 10.1 Å². The molecule has 0 spiro atoms. The number of amides is 1. The summed E-state index contributed by atoms with van der Waals surface area (Å²) < 4.78 is 0. The average molecular weight is 288 g/mol. The first-order valence-corrected chi connectivity index (χ1v) is 7.45. The maximum absolute atomic E-state index is 12.7. The monoisotopic (exact) mass is 288 g/mol. The molecular formula is C14H16N4OS. The predicted octanol–water partition coefficient (Wildman–Crippen LogP) is 2.56. The predicted molar refractivity (Wildman–Crippen MR) is 80.5 cm³/mol. The van der Waals surface area contributed by atoms with Crippen molar-refractivity contribution in [2.24, 2.45) is 0 Å². The molecular weight excluding hydrogens is 272 g/mol. The largest absolute Gasteiger partial charge is 0.363 e. The summed E-state index contributed by atoms with van der Waals surface area (Å²) >= 11 is 1.29. The van der Waals surface area contributed by atoms with E-state index in [4.69, 9.17) is 0 Å². The quantitative estimate of drug-likeness (QED) is 0.922. The maximum atomic E-state index is 12.7. The van der Waals surface area contributed by atoms with Crippen LogP contribution < -0.4 is 10.2 Å². The number of fused-ring (bicyclic) bond motifs is 1. The summed E-state index contributed by atoms with van der Waals surface area (Å²) in [6, 6.07) is 8.25. The second kappa shape index (κ2) is 5.20. The lowest BCUT2D eigenvalue weighted by Gasteiger charge is -2.34. The van der Waals surface area contributed by atoms with Crippen molar-refractivity contribution in [2.45, 2.75) is 25.8 Å². The lowest BCUT2D eigenvalue weighted by Crippen LogP contribution is -2.42. The molecule has 1 aromatic heterocycles. The topological polar surface area (TPSA) is 58.1 Å². The van der Waals surface area contributed by atoms with Crippen LogP contribution in [0.2, 0.25) is 0 Å². The average Bonchev–Trinajstić information content (AvgIpc) is 2.95. The van der Waals surface area contributed by atoms with Crippen molar-refractivity contribution in [3.8, 4) is 0 Å². The molecule has 1 aliphatic heterocycles. The third-order valence-corrected chi connectivity index (χ3v) is 4.49. The minimum Gasteiger partial charge on any atom is -0.363 e. The minimum atomic E-state index is -0.0661. The summed E-state index contributed by atoms with van der Waals surface area (Å²) in [5.41, 5.74) is 2.22. The van der Waals surface area contributed by atoms with Crippen LogP contribution in [0.4, 0.5) is 10.8 Å². The molecule has 1 atom stereocenters. The molecule has 5 nitrogen and oxygen atoms in total. The van der Waals surface area contributed by atoms with E-state index in [-0.39, 0.29) is 11.9 Å². The Kier molecular flexibility index (Phi) is 3.40. The molecule has 0 saturated heterocycles. The number of aryl methyl sites for hydroxylation is 1. The Morgan fingerprint density at radius 1 is 1.40 bits per heavy atom. The number of nitrogens with zero attached hydrogens (tertiary/aromatic N) is 3. The molecule has 0 aliphatic carbocycles. The van der Waals surface area contributed by atoms with Gasteiger partial charge < -0.3 is 10.2 Å². The highest BCUT2D eigenvalue weighted by molar-refractivity contribution is 7.17. The van der Waals surface area contributed by atoms with E-state index in [9.17, 15) is 4.79 Å². The molecule has 0 saturated carbocycles. The van der Waals surface area contributed by atoms with Crippen LogP contribution in [0.25, 0.3) is 0 Å². The van der Waals surface area contributed by atoms with Crippen molar-refractivity contribution >= 4 is 28.1 Å². The van der Waals surface area contributed by atoms with Gasteiger partial charge in [0.25, 0.3) is 5.91 Å². The maximum Gasteiger partial charge on any atom is 0.289 e. The standard InChI is InChI=1S/C14H16N4OS/c1-9-7-8-10-5-3-4-6-11(10)18(9)13(19)12-16-17-14(15-2)20-12/h3-6,9H,7-8H2,1-2H3,(H,15,17). The fourth-order valence-corrected chi connectivity index (χ4v) is 3.15. The van der Waals surface area contributed by atoms with Gasteiger partial charge in [0.05, 0.1) is 0 Å². The number of para-hydroxylation sites is 1. The number of carbonyl (C=O) groups excluding carboxylic acids is 1. The Labute approximate surface area is 121 Å². The van der Waals surface area contributed by atoms with Crippen LogP contribution in [0, 0.1) is 0 Å². The van der Waals surface area contributed by atoms with Gasteiger partial charge in [0.1, 0.15) is 0 Å². The summed E-state index contributed by atoms with van der Waals surface area (Å²) in [5, 5.41) is 11.9. The Morgan fingerprint density at radius 2 is 2.20 bits per heavy atom. The molecule has 1 aliphatic rings. The molecule has 1 N–H and O–H groups in total. The SMILES string of the molecule is CNc1nnc(C(=O)N2c3ccccc3CCC2C)s1. The summed E-state index contributed by atoms with van der Waals surface area (Å²) in [5.74, 6) is -0.0661. The highest BCUT2D eigenvalue weighted by Crippen LogP contribution is 2.32. The molecule has 6 heteroatoms. The second-order valence-corrected chi connectivity index (χ2v) is 5.83. The molecule has 20 heavy (non-hydrogen) atoms. The third kappa shape index (κ3) is 2.16. The lowest BCUT2D eigenvalue weighted by molar-refractivity contribution is 0.0974. The number of carbonyl (C=O) groups is 1. The second-order valence-electron chi connectivity index (χ2n) is 4.85. The van der Waals surface area contributed by atoms with Gasteiger partial charge in [-0.2, -0.15) is 0 Å². The molecule has 1 amide bonds. The van der Waals surface area contributed by atoms with Crippen molar-refractivity contribution < 1.29 is 4.79 Å². The molecule has 3 rings (SSSR count). The van der Waals surface area contributed by atoms with E-state index < -0.39 is 0 Å². The fraction of sp³-hybridized carbons (Fsp3) is 0.357. The molecule has 0 bridgehead atoms. The van der Waals surface area contributed by atoms with Crippen LogP contribution in [-0.2, 0) is 6.42 Å². The van der Waals surface area contributed by atoms with Crippen LogP contribution in [0.5, 0.6) is 0 Å². The number of hydrogen-bond acceptors (Lipinski definition) is 5. The molecule has 1 unspecified atom stereocenters. The van der Waals surface area contributed by atoms with Gasteiger partial charge in [-0.25, -0.2) is 0 Å². The molecule has 2 heterocycles. The van der Waals surface area contributed by atoms with Crippen LogP contribution in [0.15, 0.2) is 24.3 Å². The van der Waals surface area contributed by atoms with Crippen molar-refractivity contribution in [3.63, 3.8) is 0 Å².